The number of benzene rings is 1. The van der Waals surface area contributed by atoms with E-state index >= 15 is 0 Å². The molecule has 0 saturated heterocycles. The highest BCUT2D eigenvalue weighted by Gasteiger charge is 2.11. The molecular weight excluding hydrogens is 322 g/mol. The number of aromatic nitrogens is 1. The Morgan fingerprint density at radius 1 is 1.15 bits per heavy atom. The largest absolute Gasteiger partial charge is 0.370 e. The van der Waals surface area contributed by atoms with Crippen LogP contribution >= 0.6 is 0 Å². The van der Waals surface area contributed by atoms with Crippen LogP contribution in [0.25, 0.3) is 0 Å². The van der Waals surface area contributed by atoms with Gasteiger partial charge in [0.1, 0.15) is 5.82 Å². The maximum atomic E-state index is 12.4. The maximum Gasteiger partial charge on any atom is 0.253 e. The lowest BCUT2D eigenvalue weighted by atomic mass is 9.97. The highest BCUT2D eigenvalue weighted by Crippen LogP contribution is 2.20. The molecule has 1 aliphatic rings. The van der Waals surface area contributed by atoms with Gasteiger partial charge in [0.15, 0.2) is 0 Å². The number of nitrogens with one attached hydrogen (secondary N) is 2. The molecule has 1 heterocycles. The average Bonchev–Trinajstić information content (AvgIpc) is 2.70. The Kier molecular flexibility index (Phi) is 6.42. The van der Waals surface area contributed by atoms with Crippen LogP contribution in [0, 0.1) is 0 Å². The third-order valence-corrected chi connectivity index (χ3v) is 4.81. The van der Waals surface area contributed by atoms with Crippen molar-refractivity contribution in [1.29, 1.82) is 0 Å². The number of carbonyl (C=O) groups excluding carboxylic acids is 1. The van der Waals surface area contributed by atoms with E-state index in [2.05, 4.69) is 21.7 Å². The molecule has 0 radical (unpaired) electrons. The lowest BCUT2D eigenvalue weighted by molar-refractivity contribution is 0.0939. The topological polar surface area (TPSA) is 54.0 Å². The van der Waals surface area contributed by atoms with Gasteiger partial charge in [-0.15, -0.1) is 0 Å². The fourth-order valence-electron chi connectivity index (χ4n) is 3.22. The molecular formula is C22H27N3O. The van der Waals surface area contributed by atoms with Crippen LogP contribution in [0.2, 0.25) is 0 Å². The van der Waals surface area contributed by atoms with E-state index in [1.54, 1.807) is 11.8 Å². The molecule has 1 atom stereocenters. The molecule has 1 unspecified atom stereocenters. The SMILES string of the molecule is CC(NC(=O)c1ccc(NCCC2=CCCCC2)nc1)c1ccccc1. The quantitative estimate of drug-likeness (QED) is 0.701. The number of hydrogen-bond donors (Lipinski definition) is 2. The smallest absolute Gasteiger partial charge is 0.253 e. The first-order valence-electron chi connectivity index (χ1n) is 9.46. The van der Waals surface area contributed by atoms with Gasteiger partial charge in [-0.2, -0.15) is 0 Å². The monoisotopic (exact) mass is 349 g/mol. The van der Waals surface area contributed by atoms with Gasteiger partial charge in [-0.25, -0.2) is 4.98 Å². The molecule has 26 heavy (non-hydrogen) atoms. The Morgan fingerprint density at radius 3 is 2.69 bits per heavy atom. The van der Waals surface area contributed by atoms with Gasteiger partial charge in [0.25, 0.3) is 5.91 Å². The van der Waals surface area contributed by atoms with Crippen LogP contribution in [-0.2, 0) is 0 Å². The predicted octanol–water partition coefficient (Wildman–Crippen LogP) is 4.88. The fourth-order valence-corrected chi connectivity index (χ4v) is 3.22. The van der Waals surface area contributed by atoms with Crippen LogP contribution in [0.15, 0.2) is 60.3 Å². The molecule has 4 nitrogen and oxygen atoms in total. The Hall–Kier alpha value is -2.62. The highest BCUT2D eigenvalue weighted by atomic mass is 16.1. The van der Waals surface area contributed by atoms with E-state index < -0.39 is 0 Å². The van der Waals surface area contributed by atoms with Gasteiger partial charge in [-0.1, -0.05) is 42.0 Å². The fraction of sp³-hybridized carbons (Fsp3) is 0.364. The average molecular weight is 349 g/mol. The molecule has 1 aromatic carbocycles. The Morgan fingerprint density at radius 2 is 2.00 bits per heavy atom. The number of rotatable bonds is 7. The maximum absolute atomic E-state index is 12.4. The zero-order chi connectivity index (χ0) is 18.2. The van der Waals surface area contributed by atoms with E-state index in [0.717, 1.165) is 24.3 Å². The second kappa shape index (κ2) is 9.18. The molecule has 2 aromatic rings. The summed E-state index contributed by atoms with van der Waals surface area (Å²) in [7, 11) is 0. The first kappa shape index (κ1) is 18.2. The van der Waals surface area contributed by atoms with Crippen LogP contribution < -0.4 is 10.6 Å². The third kappa shape index (κ3) is 5.19. The van der Waals surface area contributed by atoms with E-state index in [1.807, 2.05) is 49.4 Å². The van der Waals surface area contributed by atoms with E-state index in [-0.39, 0.29) is 11.9 Å². The van der Waals surface area contributed by atoms with Gasteiger partial charge >= 0.3 is 0 Å². The van der Waals surface area contributed by atoms with Crippen LogP contribution in [0.1, 0.15) is 61.0 Å². The van der Waals surface area contributed by atoms with Crippen LogP contribution in [-0.4, -0.2) is 17.4 Å². The minimum absolute atomic E-state index is 0.0368. The van der Waals surface area contributed by atoms with Gasteiger partial charge in [0.2, 0.25) is 0 Å². The first-order chi connectivity index (χ1) is 12.7. The molecule has 0 aliphatic heterocycles. The van der Waals surface area contributed by atoms with Crippen molar-refractivity contribution < 1.29 is 4.79 Å². The molecule has 4 heteroatoms. The zero-order valence-electron chi connectivity index (χ0n) is 15.4. The lowest BCUT2D eigenvalue weighted by Gasteiger charge is -2.15. The molecule has 136 valence electrons. The second-order valence-corrected chi connectivity index (χ2v) is 6.82. The predicted molar refractivity (Wildman–Crippen MR) is 106 cm³/mol. The van der Waals surface area contributed by atoms with Crippen molar-refractivity contribution in [2.75, 3.05) is 11.9 Å². The third-order valence-electron chi connectivity index (χ3n) is 4.81. The Balaban J connectivity index is 1.48. The van der Waals surface area contributed by atoms with Crippen LogP contribution in [0.5, 0.6) is 0 Å². The normalized spacial score (nSPS) is 15.0. The van der Waals surface area contributed by atoms with Crippen molar-refractivity contribution in [3.8, 4) is 0 Å². The zero-order valence-corrected chi connectivity index (χ0v) is 15.4. The second-order valence-electron chi connectivity index (χ2n) is 6.82. The number of nitrogens with zero attached hydrogens (tertiary/aromatic N) is 1. The standard InChI is InChI=1S/C22H27N3O/c1-17(19-10-6-3-7-11-19)25-22(26)20-12-13-21(24-16-20)23-15-14-18-8-4-2-5-9-18/h3,6-8,10-13,16-17H,2,4-5,9,14-15H2,1H3,(H,23,24)(H,25,26). The summed E-state index contributed by atoms with van der Waals surface area (Å²) in [4.78, 5) is 16.8. The summed E-state index contributed by atoms with van der Waals surface area (Å²) in [5.41, 5.74) is 3.21. The molecule has 1 amide bonds. The van der Waals surface area contributed by atoms with Crippen molar-refractivity contribution in [2.24, 2.45) is 0 Å². The molecule has 1 aromatic heterocycles. The minimum atomic E-state index is -0.104. The van der Waals surface area contributed by atoms with Crippen molar-refractivity contribution in [2.45, 2.75) is 45.1 Å². The summed E-state index contributed by atoms with van der Waals surface area (Å²) in [5, 5.41) is 6.35. The molecule has 2 N–H and O–H groups in total. The van der Waals surface area contributed by atoms with Gasteiger partial charge in [0, 0.05) is 12.7 Å². The van der Waals surface area contributed by atoms with E-state index in [1.165, 1.54) is 25.7 Å². The molecule has 0 spiro atoms. The summed E-state index contributed by atoms with van der Waals surface area (Å²) in [6.45, 7) is 2.87. The number of anilines is 1. The number of allylic oxidation sites excluding steroid dienone is 1. The van der Waals surface area contributed by atoms with Crippen molar-refractivity contribution in [3.05, 3.63) is 71.4 Å². The molecule has 0 bridgehead atoms. The summed E-state index contributed by atoms with van der Waals surface area (Å²) < 4.78 is 0. The van der Waals surface area contributed by atoms with Gasteiger partial charge in [0.05, 0.1) is 11.6 Å². The molecule has 3 rings (SSSR count). The lowest BCUT2D eigenvalue weighted by Crippen LogP contribution is -2.26. The summed E-state index contributed by atoms with van der Waals surface area (Å²) >= 11 is 0. The van der Waals surface area contributed by atoms with Crippen molar-refractivity contribution in [3.63, 3.8) is 0 Å². The van der Waals surface area contributed by atoms with Gasteiger partial charge in [-0.3, -0.25) is 4.79 Å². The summed E-state index contributed by atoms with van der Waals surface area (Å²) in [5.74, 6) is 0.710. The Labute approximate surface area is 155 Å². The van der Waals surface area contributed by atoms with E-state index in [9.17, 15) is 4.79 Å². The summed E-state index contributed by atoms with van der Waals surface area (Å²) in [6.07, 6.45) is 10.2. The molecule has 0 fully saturated rings. The highest BCUT2D eigenvalue weighted by molar-refractivity contribution is 5.94. The summed E-state index contributed by atoms with van der Waals surface area (Å²) in [6, 6.07) is 13.6. The van der Waals surface area contributed by atoms with Gasteiger partial charge < -0.3 is 10.6 Å². The molecule has 1 aliphatic carbocycles. The number of hydrogen-bond acceptors (Lipinski definition) is 3. The minimum Gasteiger partial charge on any atom is -0.370 e. The van der Waals surface area contributed by atoms with Crippen LogP contribution in [0.3, 0.4) is 0 Å². The number of carbonyl (C=O) groups is 1. The first-order valence-corrected chi connectivity index (χ1v) is 9.46. The van der Waals surface area contributed by atoms with E-state index in [0.29, 0.717) is 5.56 Å². The van der Waals surface area contributed by atoms with Crippen molar-refractivity contribution >= 4 is 11.7 Å². The Bertz CT molecular complexity index is 738. The van der Waals surface area contributed by atoms with Gasteiger partial charge in [-0.05, 0) is 56.7 Å². The number of pyridine rings is 1. The van der Waals surface area contributed by atoms with Crippen LogP contribution in [0.4, 0.5) is 5.82 Å². The van der Waals surface area contributed by atoms with Crippen molar-refractivity contribution in [1.82, 2.24) is 10.3 Å². The molecule has 0 saturated carbocycles. The number of amides is 1. The van der Waals surface area contributed by atoms with E-state index in [4.69, 9.17) is 0 Å².